The number of benzene rings is 2. The zero-order valence-electron chi connectivity index (χ0n) is 17.4. The highest BCUT2D eigenvalue weighted by molar-refractivity contribution is 5.86. The monoisotopic (exact) mass is 422 g/mol. The summed E-state index contributed by atoms with van der Waals surface area (Å²) in [5.74, 6) is -0.479. The Morgan fingerprint density at radius 1 is 1.03 bits per heavy atom. The van der Waals surface area contributed by atoms with Gasteiger partial charge in [-0.1, -0.05) is 48.5 Å². The van der Waals surface area contributed by atoms with E-state index in [0.29, 0.717) is 26.1 Å². The normalized spacial score (nSPS) is 26.5. The van der Waals surface area contributed by atoms with Crippen molar-refractivity contribution < 1.29 is 23.8 Å². The van der Waals surface area contributed by atoms with Crippen molar-refractivity contribution in [2.24, 2.45) is 0 Å². The summed E-state index contributed by atoms with van der Waals surface area (Å²) in [5.41, 5.74) is 3.52. The molecule has 0 saturated carbocycles. The van der Waals surface area contributed by atoms with Gasteiger partial charge in [0.05, 0.1) is 20.3 Å². The van der Waals surface area contributed by atoms with Gasteiger partial charge >= 0.3 is 12.1 Å². The van der Waals surface area contributed by atoms with E-state index in [1.165, 1.54) is 18.2 Å². The van der Waals surface area contributed by atoms with Crippen LogP contribution in [0.1, 0.15) is 29.9 Å². The molecule has 2 aromatic rings. The number of alkyl carbamates (subject to hydrolysis) is 1. The molecule has 31 heavy (non-hydrogen) atoms. The van der Waals surface area contributed by atoms with Gasteiger partial charge in [-0.15, -0.1) is 0 Å². The van der Waals surface area contributed by atoms with Gasteiger partial charge in [-0.05, 0) is 35.1 Å². The molecule has 2 bridgehead atoms. The number of esters is 1. The van der Waals surface area contributed by atoms with Gasteiger partial charge in [-0.25, -0.2) is 9.59 Å². The van der Waals surface area contributed by atoms with Gasteiger partial charge in [0.25, 0.3) is 0 Å². The molecule has 2 atom stereocenters. The standard InChI is InChI=1S/C24H26N2O5/c1-29-22(27)24(10-15-12-30-13-16(11-24)25-15)26-23(28)31-14-21-19-8-4-2-6-17(19)18-7-3-5-9-20(18)21/h2-9,15-16,21,25H,10-14H2,1H3,(H,26,28). The molecule has 2 unspecified atom stereocenters. The lowest BCUT2D eigenvalue weighted by molar-refractivity contribution is -0.152. The minimum absolute atomic E-state index is 0.0134. The second-order valence-electron chi connectivity index (χ2n) is 8.53. The first-order valence-electron chi connectivity index (χ1n) is 10.6. The number of morpholine rings is 1. The fourth-order valence-corrected chi connectivity index (χ4v) is 5.29. The van der Waals surface area contributed by atoms with Crippen LogP contribution in [0.2, 0.25) is 0 Å². The fourth-order valence-electron chi connectivity index (χ4n) is 5.29. The van der Waals surface area contributed by atoms with Crippen LogP contribution in [0, 0.1) is 0 Å². The van der Waals surface area contributed by atoms with Crippen LogP contribution >= 0.6 is 0 Å². The Morgan fingerprint density at radius 2 is 1.61 bits per heavy atom. The third kappa shape index (κ3) is 3.58. The van der Waals surface area contributed by atoms with Crippen molar-refractivity contribution in [3.63, 3.8) is 0 Å². The maximum Gasteiger partial charge on any atom is 0.408 e. The van der Waals surface area contributed by atoms with E-state index in [1.54, 1.807) is 0 Å². The zero-order valence-corrected chi connectivity index (χ0v) is 17.4. The summed E-state index contributed by atoms with van der Waals surface area (Å²) < 4.78 is 16.3. The summed E-state index contributed by atoms with van der Waals surface area (Å²) in [7, 11) is 1.35. The van der Waals surface area contributed by atoms with Crippen molar-refractivity contribution in [2.75, 3.05) is 26.9 Å². The largest absolute Gasteiger partial charge is 0.467 e. The van der Waals surface area contributed by atoms with Crippen molar-refractivity contribution in [3.8, 4) is 11.1 Å². The number of amides is 1. The lowest BCUT2D eigenvalue weighted by atomic mass is 9.80. The highest BCUT2D eigenvalue weighted by atomic mass is 16.6. The second-order valence-corrected chi connectivity index (χ2v) is 8.53. The highest BCUT2D eigenvalue weighted by Crippen LogP contribution is 2.44. The zero-order chi connectivity index (χ0) is 21.4. The lowest BCUT2D eigenvalue weighted by Gasteiger charge is -2.45. The van der Waals surface area contributed by atoms with Crippen molar-refractivity contribution in [1.29, 1.82) is 0 Å². The summed E-state index contributed by atoms with van der Waals surface area (Å²) in [6.07, 6.45) is 0.203. The highest BCUT2D eigenvalue weighted by Gasteiger charge is 2.50. The third-order valence-corrected chi connectivity index (χ3v) is 6.56. The molecule has 0 aromatic heterocycles. The number of hydrogen-bond acceptors (Lipinski definition) is 6. The first-order chi connectivity index (χ1) is 15.1. The van der Waals surface area contributed by atoms with Crippen molar-refractivity contribution in [2.45, 2.75) is 36.4 Å². The average molecular weight is 422 g/mol. The average Bonchev–Trinajstić information content (AvgIpc) is 3.10. The fraction of sp³-hybridized carbons (Fsp3) is 0.417. The van der Waals surface area contributed by atoms with Crippen LogP contribution in [-0.4, -0.2) is 56.6 Å². The molecule has 1 amide bonds. The first kappa shape index (κ1) is 20.0. The second kappa shape index (κ2) is 7.98. The molecular formula is C24H26N2O5. The van der Waals surface area contributed by atoms with Crippen LogP contribution in [0.5, 0.6) is 0 Å². The quantitative estimate of drug-likeness (QED) is 0.737. The van der Waals surface area contributed by atoms with Gasteiger partial charge in [0.15, 0.2) is 0 Å². The Bertz CT molecular complexity index is 949. The minimum atomic E-state index is -1.11. The molecule has 1 aliphatic carbocycles. The predicted octanol–water partition coefficient (Wildman–Crippen LogP) is 2.59. The van der Waals surface area contributed by atoms with Gasteiger partial charge in [0, 0.05) is 18.0 Å². The molecule has 3 aliphatic rings. The van der Waals surface area contributed by atoms with Gasteiger partial charge in [0.1, 0.15) is 12.1 Å². The Balaban J connectivity index is 1.32. The number of ether oxygens (including phenoxy) is 3. The number of rotatable bonds is 4. The first-order valence-corrected chi connectivity index (χ1v) is 10.6. The van der Waals surface area contributed by atoms with E-state index in [4.69, 9.17) is 14.2 Å². The maximum absolute atomic E-state index is 12.8. The molecule has 2 saturated heterocycles. The van der Waals surface area contributed by atoms with Crippen molar-refractivity contribution >= 4 is 12.1 Å². The Hall–Kier alpha value is -2.90. The number of hydrogen-bond donors (Lipinski definition) is 2. The Morgan fingerprint density at radius 3 is 2.19 bits per heavy atom. The smallest absolute Gasteiger partial charge is 0.408 e. The van der Waals surface area contributed by atoms with Gasteiger partial charge in [-0.2, -0.15) is 0 Å². The molecule has 0 spiro atoms. The molecule has 7 heteroatoms. The molecule has 2 heterocycles. The molecule has 2 N–H and O–H groups in total. The van der Waals surface area contributed by atoms with Crippen LogP contribution in [0.3, 0.4) is 0 Å². The van der Waals surface area contributed by atoms with Gasteiger partial charge < -0.3 is 24.8 Å². The van der Waals surface area contributed by atoms with Crippen LogP contribution in [0.4, 0.5) is 4.79 Å². The van der Waals surface area contributed by atoms with Gasteiger partial charge in [-0.3, -0.25) is 0 Å². The van der Waals surface area contributed by atoms with Gasteiger partial charge in [0.2, 0.25) is 0 Å². The van der Waals surface area contributed by atoms with Crippen LogP contribution in [0.25, 0.3) is 11.1 Å². The Kier molecular flexibility index (Phi) is 5.16. The lowest BCUT2D eigenvalue weighted by Crippen LogP contribution is -2.68. The molecular weight excluding hydrogens is 396 g/mol. The number of carbonyl (C=O) groups is 2. The number of fused-ring (bicyclic) bond motifs is 5. The topological polar surface area (TPSA) is 85.9 Å². The molecule has 162 valence electrons. The number of carbonyl (C=O) groups excluding carboxylic acids is 2. The number of piperidine rings is 1. The number of nitrogens with one attached hydrogen (secondary N) is 2. The molecule has 2 aromatic carbocycles. The summed E-state index contributed by atoms with van der Waals surface area (Å²) in [4.78, 5) is 25.5. The molecule has 2 aliphatic heterocycles. The van der Waals surface area contributed by atoms with E-state index >= 15 is 0 Å². The van der Waals surface area contributed by atoms with Crippen LogP contribution < -0.4 is 10.6 Å². The summed E-state index contributed by atoms with van der Waals surface area (Å²) in [5, 5.41) is 6.29. The summed E-state index contributed by atoms with van der Waals surface area (Å²) in [6, 6.07) is 16.3. The molecule has 5 rings (SSSR count). The SMILES string of the molecule is COC(=O)C1(NC(=O)OCC2c3ccccc3-c3ccccc32)CC2COCC(C1)N2. The maximum atomic E-state index is 12.8. The van der Waals surface area contributed by atoms with E-state index < -0.39 is 17.6 Å². The van der Waals surface area contributed by atoms with Crippen LogP contribution in [-0.2, 0) is 19.0 Å². The Labute approximate surface area is 181 Å². The van der Waals surface area contributed by atoms with Crippen LogP contribution in [0.15, 0.2) is 48.5 Å². The van der Waals surface area contributed by atoms with Crippen molar-refractivity contribution in [1.82, 2.24) is 10.6 Å². The molecule has 2 fully saturated rings. The summed E-state index contributed by atoms with van der Waals surface area (Å²) in [6.45, 7) is 1.20. The van der Waals surface area contributed by atoms with E-state index in [-0.39, 0.29) is 24.6 Å². The number of methoxy groups -OCH3 is 1. The molecule has 0 radical (unpaired) electrons. The minimum Gasteiger partial charge on any atom is -0.467 e. The third-order valence-electron chi connectivity index (χ3n) is 6.56. The van der Waals surface area contributed by atoms with E-state index in [1.807, 2.05) is 24.3 Å². The summed E-state index contributed by atoms with van der Waals surface area (Å²) >= 11 is 0. The predicted molar refractivity (Wildman–Crippen MR) is 114 cm³/mol. The van der Waals surface area contributed by atoms with E-state index in [2.05, 4.69) is 34.9 Å². The molecule has 7 nitrogen and oxygen atoms in total. The van der Waals surface area contributed by atoms with E-state index in [0.717, 1.165) is 11.1 Å². The van der Waals surface area contributed by atoms with Crippen molar-refractivity contribution in [3.05, 3.63) is 59.7 Å². The van der Waals surface area contributed by atoms with E-state index in [9.17, 15) is 9.59 Å².